The molecule has 3 aromatic rings. The molecule has 0 aliphatic carbocycles. The number of carbonyl (C=O) groups excluding carboxylic acids is 1. The molecule has 0 spiro atoms. The molecule has 0 bridgehead atoms. The molecule has 0 radical (unpaired) electrons. The lowest BCUT2D eigenvalue weighted by Crippen LogP contribution is -2.27. The van der Waals surface area contributed by atoms with Gasteiger partial charge >= 0.3 is 5.97 Å². The van der Waals surface area contributed by atoms with Gasteiger partial charge in [-0.25, -0.2) is 19.7 Å². The van der Waals surface area contributed by atoms with Crippen molar-refractivity contribution in [2.24, 2.45) is 0 Å². The molecule has 2 fully saturated rings. The molecule has 4 heterocycles. The van der Waals surface area contributed by atoms with Gasteiger partial charge in [-0.1, -0.05) is 12.1 Å². The second-order valence-corrected chi connectivity index (χ2v) is 7.19. The van der Waals surface area contributed by atoms with Crippen LogP contribution in [0.15, 0.2) is 43.0 Å². The highest BCUT2D eigenvalue weighted by Gasteiger charge is 2.38. The van der Waals surface area contributed by atoms with Crippen LogP contribution in [0.4, 0.5) is 5.82 Å². The Balaban J connectivity index is 1.26. The number of methoxy groups -OCH3 is 1. The van der Waals surface area contributed by atoms with E-state index >= 15 is 0 Å². The lowest BCUT2D eigenvalue weighted by molar-refractivity contribution is -0.00461. The summed E-state index contributed by atoms with van der Waals surface area (Å²) in [7, 11) is 1.32. The summed E-state index contributed by atoms with van der Waals surface area (Å²) < 4.78 is 19.2. The summed E-state index contributed by atoms with van der Waals surface area (Å²) >= 11 is 0. The number of carbonyl (C=O) groups is 1. The molecule has 0 unspecified atom stereocenters. The first-order valence-corrected chi connectivity index (χ1v) is 9.53. The molecule has 2 saturated heterocycles. The summed E-state index contributed by atoms with van der Waals surface area (Å²) in [5, 5.41) is 0. The van der Waals surface area contributed by atoms with Gasteiger partial charge in [0.1, 0.15) is 18.0 Å². The van der Waals surface area contributed by atoms with E-state index in [1.807, 2.05) is 24.5 Å². The van der Waals surface area contributed by atoms with Crippen LogP contribution in [0.1, 0.15) is 16.5 Å². The molecule has 9 heteroatoms. The number of nitrogens with zero attached hydrogens (tertiary/aromatic N) is 5. The number of esters is 1. The highest BCUT2D eigenvalue weighted by atomic mass is 16.6. The van der Waals surface area contributed by atoms with Crippen molar-refractivity contribution < 1.29 is 19.0 Å². The largest absolute Gasteiger partial charge is 0.464 e. The molecular formula is C20H21N5O4. The topological polar surface area (TPSA) is 91.6 Å². The summed E-state index contributed by atoms with van der Waals surface area (Å²) in [6.45, 7) is 2.44. The third-order valence-corrected chi connectivity index (χ3v) is 5.45. The number of anilines is 1. The van der Waals surface area contributed by atoms with Crippen LogP contribution in [-0.2, 0) is 14.2 Å². The lowest BCUT2D eigenvalue weighted by Gasteiger charge is -2.20. The highest BCUT2D eigenvalue weighted by Crippen LogP contribution is 2.28. The Labute approximate surface area is 167 Å². The van der Waals surface area contributed by atoms with Crippen molar-refractivity contribution in [3.05, 3.63) is 48.7 Å². The molecule has 0 amide bonds. The summed E-state index contributed by atoms with van der Waals surface area (Å²) in [6, 6.07) is 8.15. The number of imidazole rings is 1. The van der Waals surface area contributed by atoms with Gasteiger partial charge in [0, 0.05) is 13.1 Å². The molecule has 150 valence electrons. The van der Waals surface area contributed by atoms with Crippen molar-refractivity contribution in [2.75, 3.05) is 38.3 Å². The first-order valence-electron chi connectivity index (χ1n) is 9.53. The minimum atomic E-state index is -0.500. The van der Waals surface area contributed by atoms with Crippen LogP contribution in [0, 0.1) is 0 Å². The zero-order valence-corrected chi connectivity index (χ0v) is 16.0. The summed E-state index contributed by atoms with van der Waals surface area (Å²) in [5.74, 6) is 0.190. The predicted molar refractivity (Wildman–Crippen MR) is 104 cm³/mol. The molecule has 0 N–H and O–H groups in total. The molecular weight excluding hydrogens is 374 g/mol. The van der Waals surface area contributed by atoms with E-state index in [2.05, 4.69) is 35.2 Å². The Kier molecular flexibility index (Phi) is 4.61. The smallest absolute Gasteiger partial charge is 0.358 e. The summed E-state index contributed by atoms with van der Waals surface area (Å²) in [6.07, 6.45) is 4.78. The van der Waals surface area contributed by atoms with Gasteiger partial charge in [-0.05, 0) is 12.1 Å². The number of fused-ring (bicyclic) bond motifs is 2. The van der Waals surface area contributed by atoms with Crippen molar-refractivity contribution in [3.8, 4) is 0 Å². The van der Waals surface area contributed by atoms with E-state index in [0.29, 0.717) is 32.1 Å². The summed E-state index contributed by atoms with van der Waals surface area (Å²) in [5.41, 5.74) is 2.24. The van der Waals surface area contributed by atoms with E-state index in [1.165, 1.54) is 13.3 Å². The molecule has 0 saturated carbocycles. The molecule has 2 aromatic heterocycles. The lowest BCUT2D eigenvalue weighted by atomic mass is 10.2. The van der Waals surface area contributed by atoms with E-state index in [9.17, 15) is 4.79 Å². The van der Waals surface area contributed by atoms with Gasteiger partial charge < -0.3 is 23.7 Å². The number of aromatic nitrogens is 4. The van der Waals surface area contributed by atoms with Crippen molar-refractivity contribution in [1.82, 2.24) is 19.5 Å². The molecule has 1 aromatic carbocycles. The Hall–Kier alpha value is -3.04. The fraction of sp³-hybridized carbons (Fsp3) is 0.400. The second kappa shape index (κ2) is 7.41. The molecule has 9 nitrogen and oxygen atoms in total. The maximum absolute atomic E-state index is 11.5. The molecule has 2 atom stereocenters. The van der Waals surface area contributed by atoms with Gasteiger partial charge in [-0.2, -0.15) is 0 Å². The van der Waals surface area contributed by atoms with Gasteiger partial charge in [0.15, 0.2) is 5.69 Å². The van der Waals surface area contributed by atoms with Crippen LogP contribution in [0.5, 0.6) is 0 Å². The quantitative estimate of drug-likeness (QED) is 0.616. The first kappa shape index (κ1) is 18.0. The van der Waals surface area contributed by atoms with Crippen LogP contribution in [0.3, 0.4) is 0 Å². The van der Waals surface area contributed by atoms with Crippen molar-refractivity contribution in [2.45, 2.75) is 18.2 Å². The van der Waals surface area contributed by atoms with Crippen molar-refractivity contribution >= 4 is 22.8 Å². The summed E-state index contributed by atoms with van der Waals surface area (Å²) in [4.78, 5) is 26.5. The van der Waals surface area contributed by atoms with Gasteiger partial charge in [-0.3, -0.25) is 0 Å². The molecule has 2 aliphatic heterocycles. The van der Waals surface area contributed by atoms with Crippen LogP contribution >= 0.6 is 0 Å². The minimum Gasteiger partial charge on any atom is -0.464 e. The Morgan fingerprint density at radius 1 is 1.07 bits per heavy atom. The SMILES string of the molecule is COC(=O)c1cnc(N2C[C@@H]3OCC(n4cnc5ccccc54)CO[C@H]3C2)cn1. The Bertz CT molecular complexity index is 1010. The third-order valence-electron chi connectivity index (χ3n) is 5.45. The zero-order chi connectivity index (χ0) is 19.8. The fourth-order valence-corrected chi connectivity index (χ4v) is 3.89. The van der Waals surface area contributed by atoms with Crippen LogP contribution in [0.2, 0.25) is 0 Å². The number of hydrogen-bond acceptors (Lipinski definition) is 8. The standard InChI is InChI=1S/C20H21N5O4/c1-27-20(26)15-6-22-19(7-21-15)24-8-17-18(9-24)29-11-13(10-28-17)25-12-23-14-4-2-3-5-16(14)25/h2-7,12-13,17-18H,8-11H2,1H3/t17-,18-/m0/s1. The van der Waals surface area contributed by atoms with E-state index in [-0.39, 0.29) is 23.9 Å². The zero-order valence-electron chi connectivity index (χ0n) is 16.0. The average molecular weight is 395 g/mol. The number of para-hydroxylation sites is 2. The number of benzene rings is 1. The highest BCUT2D eigenvalue weighted by molar-refractivity contribution is 5.86. The van der Waals surface area contributed by atoms with Crippen molar-refractivity contribution in [3.63, 3.8) is 0 Å². The monoisotopic (exact) mass is 395 g/mol. The number of hydrogen-bond donors (Lipinski definition) is 0. The normalized spacial score (nSPS) is 22.4. The third kappa shape index (κ3) is 3.32. The van der Waals surface area contributed by atoms with Crippen LogP contribution < -0.4 is 4.90 Å². The molecule has 2 aliphatic rings. The van der Waals surface area contributed by atoms with Crippen molar-refractivity contribution in [1.29, 1.82) is 0 Å². The minimum absolute atomic E-state index is 0.0446. The van der Waals surface area contributed by atoms with E-state index in [4.69, 9.17) is 9.47 Å². The first-order chi connectivity index (χ1) is 14.2. The van der Waals surface area contributed by atoms with E-state index in [1.54, 1.807) is 6.20 Å². The number of rotatable bonds is 3. The molecule has 5 rings (SSSR count). The maximum atomic E-state index is 11.5. The maximum Gasteiger partial charge on any atom is 0.358 e. The van der Waals surface area contributed by atoms with Gasteiger partial charge in [-0.15, -0.1) is 0 Å². The number of ether oxygens (including phenoxy) is 3. The Morgan fingerprint density at radius 2 is 1.83 bits per heavy atom. The molecule has 29 heavy (non-hydrogen) atoms. The van der Waals surface area contributed by atoms with Crippen LogP contribution in [0.25, 0.3) is 11.0 Å². The van der Waals surface area contributed by atoms with Gasteiger partial charge in [0.2, 0.25) is 0 Å². The fourth-order valence-electron chi connectivity index (χ4n) is 3.89. The van der Waals surface area contributed by atoms with Gasteiger partial charge in [0.05, 0.1) is 56.1 Å². The Morgan fingerprint density at radius 3 is 2.52 bits per heavy atom. The predicted octanol–water partition coefficient (Wildman–Crippen LogP) is 1.46. The van der Waals surface area contributed by atoms with E-state index in [0.717, 1.165) is 11.0 Å². The van der Waals surface area contributed by atoms with Gasteiger partial charge in [0.25, 0.3) is 0 Å². The van der Waals surface area contributed by atoms with E-state index < -0.39 is 5.97 Å². The van der Waals surface area contributed by atoms with Crippen LogP contribution in [-0.4, -0.2) is 71.1 Å². The average Bonchev–Trinajstić information content (AvgIpc) is 3.33. The second-order valence-electron chi connectivity index (χ2n) is 7.19.